The predicted molar refractivity (Wildman–Crippen MR) is 156 cm³/mol. The topological polar surface area (TPSA) is 102 Å². The summed E-state index contributed by atoms with van der Waals surface area (Å²) in [6.07, 6.45) is 4.23. The Morgan fingerprint density at radius 3 is 2.43 bits per heavy atom. The van der Waals surface area contributed by atoms with E-state index in [4.69, 9.17) is 14.2 Å². The normalized spacial score (nSPS) is 18.7. The van der Waals surface area contributed by atoms with Gasteiger partial charge in [0.05, 0.1) is 13.5 Å². The van der Waals surface area contributed by atoms with Crippen LogP contribution in [0.15, 0.2) is 24.3 Å². The van der Waals surface area contributed by atoms with Crippen molar-refractivity contribution in [3.63, 3.8) is 0 Å². The van der Waals surface area contributed by atoms with E-state index in [0.717, 1.165) is 31.2 Å². The molecular formula is C32H47FN2O7. The van der Waals surface area contributed by atoms with Crippen molar-refractivity contribution in [2.45, 2.75) is 83.7 Å². The van der Waals surface area contributed by atoms with E-state index in [1.165, 1.54) is 7.11 Å². The van der Waals surface area contributed by atoms with Gasteiger partial charge in [0.15, 0.2) is 0 Å². The van der Waals surface area contributed by atoms with Gasteiger partial charge < -0.3 is 24.0 Å². The molecule has 3 rings (SSSR count). The van der Waals surface area contributed by atoms with E-state index in [1.807, 2.05) is 31.7 Å². The highest BCUT2D eigenvalue weighted by molar-refractivity contribution is 5.84. The summed E-state index contributed by atoms with van der Waals surface area (Å²) in [7, 11) is 1.32. The molecule has 0 spiro atoms. The van der Waals surface area contributed by atoms with E-state index in [9.17, 15) is 23.6 Å². The fourth-order valence-electron chi connectivity index (χ4n) is 5.70. The van der Waals surface area contributed by atoms with E-state index >= 15 is 0 Å². The zero-order valence-electron chi connectivity index (χ0n) is 25.6. The van der Waals surface area contributed by atoms with Crippen molar-refractivity contribution in [1.82, 2.24) is 9.80 Å². The molecule has 10 heteroatoms. The number of halogens is 1. The third-order valence-electron chi connectivity index (χ3n) is 8.03. The Bertz CT molecular complexity index is 1070. The smallest absolute Gasteiger partial charge is 0.410 e. The van der Waals surface area contributed by atoms with Gasteiger partial charge in [0.1, 0.15) is 30.4 Å². The molecule has 42 heavy (non-hydrogen) atoms. The van der Waals surface area contributed by atoms with E-state index in [-0.39, 0.29) is 43.2 Å². The van der Waals surface area contributed by atoms with Crippen molar-refractivity contribution in [3.8, 4) is 5.75 Å². The van der Waals surface area contributed by atoms with Crippen LogP contribution < -0.4 is 4.74 Å². The van der Waals surface area contributed by atoms with E-state index in [2.05, 4.69) is 0 Å². The van der Waals surface area contributed by atoms with Crippen LogP contribution in [0.3, 0.4) is 0 Å². The number of esters is 1. The maximum absolute atomic E-state index is 13.4. The number of carbonyl (C=O) groups excluding carboxylic acids is 4. The number of likely N-dealkylation sites (tertiary alicyclic amines) is 2. The summed E-state index contributed by atoms with van der Waals surface area (Å²) in [6, 6.07) is 7.05. The highest BCUT2D eigenvalue weighted by Crippen LogP contribution is 2.31. The summed E-state index contributed by atoms with van der Waals surface area (Å²) < 4.78 is 28.3. The minimum atomic E-state index is -0.613. The van der Waals surface area contributed by atoms with Crippen molar-refractivity contribution >= 4 is 23.8 Å². The Balaban J connectivity index is 1.51. The van der Waals surface area contributed by atoms with E-state index < -0.39 is 24.2 Å². The van der Waals surface area contributed by atoms with Gasteiger partial charge in [-0.3, -0.25) is 14.4 Å². The summed E-state index contributed by atoms with van der Waals surface area (Å²) in [5.41, 5.74) is 0.235. The maximum atomic E-state index is 13.4. The fourth-order valence-corrected chi connectivity index (χ4v) is 5.70. The quantitative estimate of drug-likeness (QED) is 0.304. The maximum Gasteiger partial charge on any atom is 0.410 e. The number of hydrogen-bond donors (Lipinski definition) is 0. The van der Waals surface area contributed by atoms with Crippen molar-refractivity contribution in [3.05, 3.63) is 29.8 Å². The average molecular weight is 591 g/mol. The SMILES string of the molecule is COC(=O)CC(CC(=O)[C@@H]1CCCN(C(=O)CCC2CCN(C(=O)OC(C)(C)C)CC2)C1)c1cccc(OCCF)c1. The van der Waals surface area contributed by atoms with Gasteiger partial charge in [-0.05, 0) is 76.5 Å². The Morgan fingerprint density at radius 2 is 1.76 bits per heavy atom. The fraction of sp³-hybridized carbons (Fsp3) is 0.688. The Morgan fingerprint density at radius 1 is 1.02 bits per heavy atom. The lowest BCUT2D eigenvalue weighted by Gasteiger charge is -2.35. The number of Topliss-reactive ketones (excluding diaryl/α,β-unsaturated/α-hetero) is 1. The Hall–Kier alpha value is -3.17. The number of methoxy groups -OCH3 is 1. The second-order valence-electron chi connectivity index (χ2n) is 12.4. The first kappa shape index (κ1) is 33.3. The second-order valence-corrected chi connectivity index (χ2v) is 12.4. The summed E-state index contributed by atoms with van der Waals surface area (Å²) in [6.45, 7) is 7.17. The van der Waals surface area contributed by atoms with Crippen LogP contribution in [0.25, 0.3) is 0 Å². The summed E-state index contributed by atoms with van der Waals surface area (Å²) >= 11 is 0. The molecule has 234 valence electrons. The molecule has 2 aliphatic rings. The monoisotopic (exact) mass is 590 g/mol. The van der Waals surface area contributed by atoms with E-state index in [1.54, 1.807) is 23.1 Å². The minimum absolute atomic E-state index is 0.0194. The number of amides is 2. The first-order valence-electron chi connectivity index (χ1n) is 15.1. The molecule has 2 fully saturated rings. The van der Waals surface area contributed by atoms with Crippen LogP contribution in [0, 0.1) is 11.8 Å². The number of alkyl halides is 1. The molecule has 1 aromatic rings. The first-order chi connectivity index (χ1) is 20.0. The van der Waals surface area contributed by atoms with Gasteiger partial charge in [-0.15, -0.1) is 0 Å². The third-order valence-corrected chi connectivity index (χ3v) is 8.03. The van der Waals surface area contributed by atoms with Crippen LogP contribution in [0.2, 0.25) is 0 Å². The minimum Gasteiger partial charge on any atom is -0.491 e. The molecule has 2 amide bonds. The lowest BCUT2D eigenvalue weighted by Crippen LogP contribution is -2.43. The van der Waals surface area contributed by atoms with Gasteiger partial charge in [0.2, 0.25) is 5.91 Å². The first-order valence-corrected chi connectivity index (χ1v) is 15.1. The molecule has 0 N–H and O–H groups in total. The molecule has 1 aromatic carbocycles. The highest BCUT2D eigenvalue weighted by atomic mass is 19.1. The van der Waals surface area contributed by atoms with Gasteiger partial charge >= 0.3 is 12.1 Å². The molecule has 0 saturated carbocycles. The van der Waals surface area contributed by atoms with Gasteiger partial charge in [-0.25, -0.2) is 9.18 Å². The molecule has 2 heterocycles. The number of carbonyl (C=O) groups is 4. The molecule has 2 saturated heterocycles. The van der Waals surface area contributed by atoms with Crippen molar-refractivity contribution in [2.24, 2.45) is 11.8 Å². The number of nitrogens with zero attached hydrogens (tertiary/aromatic N) is 2. The van der Waals surface area contributed by atoms with Gasteiger partial charge in [0, 0.05) is 50.9 Å². The molecule has 0 aliphatic carbocycles. The van der Waals surface area contributed by atoms with Gasteiger partial charge in [-0.2, -0.15) is 0 Å². The number of hydrogen-bond acceptors (Lipinski definition) is 7. The number of ketones is 1. The predicted octanol–water partition coefficient (Wildman–Crippen LogP) is 5.31. The molecule has 0 aromatic heterocycles. The van der Waals surface area contributed by atoms with Crippen LogP contribution in [-0.4, -0.2) is 85.7 Å². The zero-order chi connectivity index (χ0) is 30.7. The number of benzene rings is 1. The van der Waals surface area contributed by atoms with Crippen LogP contribution in [0.4, 0.5) is 9.18 Å². The standard InChI is InChI=1S/C32H47FN2O7/c1-32(2,3)42-31(39)34-16-12-23(13-17-34)10-11-29(37)35-15-6-8-25(22-35)28(36)20-26(21-30(38)40-4)24-7-5-9-27(19-24)41-18-14-33/h5,7,9,19,23,25-26H,6,8,10-18,20-22H2,1-4H3/t25-,26?/m1/s1. The largest absolute Gasteiger partial charge is 0.491 e. The second kappa shape index (κ2) is 15.9. The van der Waals surface area contributed by atoms with Gasteiger partial charge in [0.25, 0.3) is 0 Å². The Labute approximate surface area is 249 Å². The lowest BCUT2D eigenvalue weighted by molar-refractivity contribution is -0.141. The molecule has 9 nitrogen and oxygen atoms in total. The molecule has 1 unspecified atom stereocenters. The van der Waals surface area contributed by atoms with Gasteiger partial charge in [-0.1, -0.05) is 12.1 Å². The molecule has 2 atom stereocenters. The van der Waals surface area contributed by atoms with Crippen LogP contribution in [0.1, 0.15) is 83.6 Å². The van der Waals surface area contributed by atoms with Crippen LogP contribution >= 0.6 is 0 Å². The molecule has 0 bridgehead atoms. The molecular weight excluding hydrogens is 543 g/mol. The third kappa shape index (κ3) is 10.6. The van der Waals surface area contributed by atoms with Crippen LogP contribution in [-0.2, 0) is 23.9 Å². The summed E-state index contributed by atoms with van der Waals surface area (Å²) in [5.74, 6) is -0.171. The molecule has 0 radical (unpaired) electrons. The summed E-state index contributed by atoms with van der Waals surface area (Å²) in [5, 5.41) is 0. The summed E-state index contributed by atoms with van der Waals surface area (Å²) in [4.78, 5) is 54.6. The number of ether oxygens (including phenoxy) is 3. The van der Waals surface area contributed by atoms with Crippen molar-refractivity contribution < 1.29 is 37.8 Å². The highest BCUT2D eigenvalue weighted by Gasteiger charge is 2.32. The molecule has 2 aliphatic heterocycles. The Kier molecular flexibility index (Phi) is 12.6. The van der Waals surface area contributed by atoms with Crippen molar-refractivity contribution in [2.75, 3.05) is 46.6 Å². The zero-order valence-corrected chi connectivity index (χ0v) is 25.6. The van der Waals surface area contributed by atoms with Crippen LogP contribution in [0.5, 0.6) is 5.75 Å². The van der Waals surface area contributed by atoms with E-state index in [0.29, 0.717) is 50.7 Å². The average Bonchev–Trinajstić information content (AvgIpc) is 2.97. The number of piperidine rings is 2. The van der Waals surface area contributed by atoms with Crippen molar-refractivity contribution in [1.29, 1.82) is 0 Å². The number of rotatable bonds is 12. The lowest BCUT2D eigenvalue weighted by atomic mass is 9.84.